The third-order valence-corrected chi connectivity index (χ3v) is 3.03. The fourth-order valence-electron chi connectivity index (χ4n) is 0.679. The molecule has 0 heterocycles. The largest absolute Gasteiger partial charge is 1.20 e. The number of nitrogens with two attached hydrogens (primary N) is 3. The van der Waals surface area contributed by atoms with E-state index >= 15 is 0 Å². The lowest BCUT2D eigenvalue weighted by atomic mass is 10.4. The van der Waals surface area contributed by atoms with Gasteiger partial charge in [-0.25, -0.2) is 0 Å². The van der Waals surface area contributed by atoms with Crippen LogP contribution in [0.2, 0.25) is 0 Å². The molecule has 0 aliphatic heterocycles. The number of hydrogen-bond acceptors (Lipinski definition) is 9. The molecule has 19 heavy (non-hydrogen) atoms. The van der Waals surface area contributed by atoms with Crippen LogP contribution in [0.4, 0.5) is 0 Å². The minimum absolute atomic E-state index is 0.855. The Bertz CT molecular complexity index is 295. The molecular weight excluding hydrogens is 273 g/mol. The SMILES string of the molecule is C[C@H](N)C(=O)[O][Al]([O]C(=O)[C@H](C)N)[O]C(=O)[C@H](C)N. The Hall–Kier alpha value is -1.18. The molecule has 0 radical (unpaired) electrons. The minimum Gasteiger partial charge on any atom is -0.550 e. The highest BCUT2D eigenvalue weighted by Gasteiger charge is 2.50. The molecule has 0 amide bonds. The second-order valence-electron chi connectivity index (χ2n) is 3.97. The van der Waals surface area contributed by atoms with Gasteiger partial charge in [0.1, 0.15) is 0 Å². The van der Waals surface area contributed by atoms with E-state index in [2.05, 4.69) is 0 Å². The van der Waals surface area contributed by atoms with Gasteiger partial charge in [0.25, 0.3) is 17.9 Å². The summed E-state index contributed by atoms with van der Waals surface area (Å²) in [5.41, 5.74) is 15.8. The van der Waals surface area contributed by atoms with Crippen LogP contribution >= 0.6 is 0 Å². The predicted molar refractivity (Wildman–Crippen MR) is 65.0 cm³/mol. The first-order valence-electron chi connectivity index (χ1n) is 5.53. The third-order valence-electron chi connectivity index (χ3n) is 1.75. The van der Waals surface area contributed by atoms with E-state index < -0.39 is 51.2 Å². The average Bonchev–Trinajstić information content (AvgIpc) is 2.27. The number of carbonyl (C=O) groups is 3. The van der Waals surface area contributed by atoms with E-state index in [-0.39, 0.29) is 0 Å². The third kappa shape index (κ3) is 7.10. The van der Waals surface area contributed by atoms with Crippen LogP contribution in [0.25, 0.3) is 0 Å². The summed E-state index contributed by atoms with van der Waals surface area (Å²) in [7, 11) is 0. The zero-order valence-electron chi connectivity index (χ0n) is 11.0. The highest BCUT2D eigenvalue weighted by atomic mass is 27.3. The molecule has 0 aliphatic carbocycles. The Morgan fingerprint density at radius 1 is 0.737 bits per heavy atom. The van der Waals surface area contributed by atoms with Gasteiger partial charge < -0.3 is 28.6 Å². The van der Waals surface area contributed by atoms with Crippen molar-refractivity contribution in [3.63, 3.8) is 0 Å². The maximum absolute atomic E-state index is 11.3. The molecule has 10 heteroatoms. The fraction of sp³-hybridized carbons (Fsp3) is 0.667. The van der Waals surface area contributed by atoms with Gasteiger partial charge in [-0.2, -0.15) is 0 Å². The molecule has 0 rings (SSSR count). The first kappa shape index (κ1) is 17.8. The van der Waals surface area contributed by atoms with Crippen LogP contribution in [0.1, 0.15) is 20.8 Å². The zero-order valence-corrected chi connectivity index (χ0v) is 12.1. The summed E-state index contributed by atoms with van der Waals surface area (Å²) < 4.78 is 14.2. The van der Waals surface area contributed by atoms with E-state index in [1.807, 2.05) is 0 Å². The molecule has 0 aromatic rings. The minimum atomic E-state index is -3.36. The van der Waals surface area contributed by atoms with Crippen molar-refractivity contribution in [1.29, 1.82) is 0 Å². The van der Waals surface area contributed by atoms with Crippen LogP contribution in [-0.4, -0.2) is 51.2 Å². The van der Waals surface area contributed by atoms with Gasteiger partial charge in [0.2, 0.25) is 0 Å². The number of carbonyl (C=O) groups excluding carboxylic acids is 3. The van der Waals surface area contributed by atoms with E-state index in [0.29, 0.717) is 0 Å². The molecule has 0 saturated carbocycles. The van der Waals surface area contributed by atoms with Crippen molar-refractivity contribution >= 4 is 33.1 Å². The van der Waals surface area contributed by atoms with Crippen molar-refractivity contribution in [2.45, 2.75) is 38.9 Å². The Balaban J connectivity index is 4.68. The average molecular weight is 291 g/mol. The van der Waals surface area contributed by atoms with Crippen LogP contribution < -0.4 is 17.2 Å². The van der Waals surface area contributed by atoms with Crippen molar-refractivity contribution in [3.05, 3.63) is 0 Å². The smallest absolute Gasteiger partial charge is 0.550 e. The Morgan fingerprint density at radius 3 is 1.11 bits per heavy atom. The van der Waals surface area contributed by atoms with Gasteiger partial charge in [0.15, 0.2) is 0 Å². The molecule has 0 saturated heterocycles. The summed E-state index contributed by atoms with van der Waals surface area (Å²) in [6, 6.07) is -2.84. The van der Waals surface area contributed by atoms with Crippen molar-refractivity contribution in [2.75, 3.05) is 0 Å². The van der Waals surface area contributed by atoms with Crippen molar-refractivity contribution in [1.82, 2.24) is 0 Å². The van der Waals surface area contributed by atoms with Crippen molar-refractivity contribution in [2.24, 2.45) is 17.2 Å². The summed E-state index contributed by atoms with van der Waals surface area (Å²) in [6.45, 7) is 4.11. The quantitative estimate of drug-likeness (QED) is 0.455. The Kier molecular flexibility index (Phi) is 7.58. The first-order valence-corrected chi connectivity index (χ1v) is 6.94. The van der Waals surface area contributed by atoms with Gasteiger partial charge >= 0.3 is 15.1 Å². The molecule has 9 nitrogen and oxygen atoms in total. The fourth-order valence-corrected chi connectivity index (χ4v) is 2.04. The molecule has 0 aromatic heterocycles. The van der Waals surface area contributed by atoms with Crippen LogP contribution in [0.5, 0.6) is 0 Å². The topological polar surface area (TPSA) is 157 Å². The lowest BCUT2D eigenvalue weighted by Crippen LogP contribution is -2.44. The first-order chi connectivity index (χ1) is 8.65. The maximum atomic E-state index is 11.3. The normalized spacial score (nSPS) is 14.8. The van der Waals surface area contributed by atoms with E-state index in [1.165, 1.54) is 20.8 Å². The molecule has 6 N–H and O–H groups in total. The second-order valence-corrected chi connectivity index (χ2v) is 5.25. The van der Waals surface area contributed by atoms with Crippen LogP contribution in [0, 0.1) is 0 Å². The second kappa shape index (κ2) is 8.09. The summed E-state index contributed by atoms with van der Waals surface area (Å²) in [4.78, 5) is 33.9. The van der Waals surface area contributed by atoms with Crippen LogP contribution in [0.3, 0.4) is 0 Å². The van der Waals surface area contributed by atoms with E-state index in [0.717, 1.165) is 0 Å². The van der Waals surface area contributed by atoms with Crippen molar-refractivity contribution in [3.8, 4) is 0 Å². The Morgan fingerprint density at radius 2 is 0.947 bits per heavy atom. The van der Waals surface area contributed by atoms with Gasteiger partial charge in [-0.05, 0) is 20.8 Å². The lowest BCUT2D eigenvalue weighted by molar-refractivity contribution is -0.149. The molecule has 0 spiro atoms. The zero-order chi connectivity index (χ0) is 15.2. The highest BCUT2D eigenvalue weighted by Crippen LogP contribution is 2.00. The molecule has 108 valence electrons. The molecular formula is C9H18AlN3O6. The van der Waals surface area contributed by atoms with Crippen LogP contribution in [-0.2, 0) is 25.7 Å². The monoisotopic (exact) mass is 291 g/mol. The molecule has 0 unspecified atom stereocenters. The van der Waals surface area contributed by atoms with Crippen molar-refractivity contribution < 1.29 is 25.7 Å². The summed E-state index contributed by atoms with van der Waals surface area (Å²) in [5, 5.41) is 0. The van der Waals surface area contributed by atoms with E-state index in [4.69, 9.17) is 28.6 Å². The number of hydrogen-bond donors (Lipinski definition) is 3. The van der Waals surface area contributed by atoms with E-state index in [9.17, 15) is 14.4 Å². The van der Waals surface area contributed by atoms with Gasteiger partial charge in [0, 0.05) is 0 Å². The summed E-state index contributed by atoms with van der Waals surface area (Å²) >= 11 is -3.36. The van der Waals surface area contributed by atoms with Gasteiger partial charge in [-0.15, -0.1) is 0 Å². The van der Waals surface area contributed by atoms with Gasteiger partial charge in [0.05, 0.1) is 18.1 Å². The van der Waals surface area contributed by atoms with E-state index in [1.54, 1.807) is 0 Å². The molecule has 0 aromatic carbocycles. The summed E-state index contributed by atoms with van der Waals surface area (Å²) in [5.74, 6) is -2.56. The van der Waals surface area contributed by atoms with Gasteiger partial charge in [-0.1, -0.05) is 0 Å². The highest BCUT2D eigenvalue weighted by molar-refractivity contribution is 6.44. The lowest BCUT2D eigenvalue weighted by Gasteiger charge is -2.16. The standard InChI is InChI=1S/3C3H7NO2.Al/c3*1-2(4)3(5)6;/h3*2H,4H2,1H3,(H,5,6);/q;;;+3/p-3/t3*2-;/m000./s1. The predicted octanol–water partition coefficient (Wildman–Crippen LogP) is -2.36. The molecule has 0 aliphatic rings. The molecule has 0 fully saturated rings. The Labute approximate surface area is 115 Å². The van der Waals surface area contributed by atoms with Gasteiger partial charge in [-0.3, -0.25) is 14.4 Å². The molecule has 3 atom stereocenters. The molecule has 0 bridgehead atoms. The number of rotatable bonds is 6. The summed E-state index contributed by atoms with van der Waals surface area (Å²) in [6.07, 6.45) is 0. The van der Waals surface area contributed by atoms with Crippen LogP contribution in [0.15, 0.2) is 0 Å². The maximum Gasteiger partial charge on any atom is 1.20 e.